The summed E-state index contributed by atoms with van der Waals surface area (Å²) in [7, 11) is 0. The highest BCUT2D eigenvalue weighted by Crippen LogP contribution is 2.46. The summed E-state index contributed by atoms with van der Waals surface area (Å²) in [6.45, 7) is 0. The highest BCUT2D eigenvalue weighted by atomic mass is 14.2. The van der Waals surface area contributed by atoms with Gasteiger partial charge in [0, 0.05) is 0 Å². The molecule has 12 aromatic rings. The van der Waals surface area contributed by atoms with E-state index in [4.69, 9.17) is 0 Å². The van der Waals surface area contributed by atoms with Gasteiger partial charge >= 0.3 is 0 Å². The van der Waals surface area contributed by atoms with Crippen molar-refractivity contribution in [2.45, 2.75) is 0 Å². The second-order valence-corrected chi connectivity index (χ2v) is 16.4. The van der Waals surface area contributed by atoms with Crippen LogP contribution in [0.3, 0.4) is 0 Å². The molecule has 62 heavy (non-hydrogen) atoms. The van der Waals surface area contributed by atoms with Gasteiger partial charge in [0.25, 0.3) is 0 Å². The standard InChI is InChI=1S/C62H40/c1-3-11-41(12-4-1)43-19-23-45(24-20-43)47-27-31-49(32-28-47)51-35-37-55-53-15-7-10-18-58(53)62-60-40-52(36-38-56(60)54-16-8-9-17-57(54)61(62)59(55)39-51)50-33-29-48(30-34-50)46-25-21-44(22-26-46)42-13-5-2-6-14-42/h1-40H. The minimum absolute atomic E-state index is 1.21. The summed E-state index contributed by atoms with van der Waals surface area (Å²) < 4.78 is 0. The second-order valence-electron chi connectivity index (χ2n) is 16.4. The first-order valence-electron chi connectivity index (χ1n) is 21.5. The largest absolute Gasteiger partial charge is 0.0622 e. The van der Waals surface area contributed by atoms with E-state index in [-0.39, 0.29) is 0 Å². The lowest BCUT2D eigenvalue weighted by Gasteiger charge is -2.18. The third kappa shape index (κ3) is 6.16. The Bertz CT molecular complexity index is 3360. The maximum Gasteiger partial charge on any atom is -0.00137 e. The van der Waals surface area contributed by atoms with Gasteiger partial charge in [0.05, 0.1) is 0 Å². The topological polar surface area (TPSA) is 0 Å². The summed E-state index contributed by atoms with van der Waals surface area (Å²) >= 11 is 0. The Hall–Kier alpha value is -8.06. The van der Waals surface area contributed by atoms with Gasteiger partial charge in [-0.2, -0.15) is 0 Å². The zero-order valence-electron chi connectivity index (χ0n) is 34.1. The lowest BCUT2D eigenvalue weighted by Crippen LogP contribution is -1.90. The molecule has 0 aliphatic heterocycles. The number of rotatable bonds is 6. The van der Waals surface area contributed by atoms with Crippen LogP contribution >= 0.6 is 0 Å². The Morgan fingerprint density at radius 3 is 0.645 bits per heavy atom. The molecule has 0 nitrogen and oxygen atoms in total. The van der Waals surface area contributed by atoms with E-state index in [9.17, 15) is 0 Å². The molecule has 288 valence electrons. The van der Waals surface area contributed by atoms with Crippen molar-refractivity contribution in [1.29, 1.82) is 0 Å². The quantitative estimate of drug-likeness (QED) is 0.147. The number of benzene rings is 12. The zero-order valence-corrected chi connectivity index (χ0v) is 34.1. The Labute approximate surface area is 361 Å². The van der Waals surface area contributed by atoms with E-state index in [1.807, 2.05) is 0 Å². The number of hydrogen-bond donors (Lipinski definition) is 0. The summed E-state index contributed by atoms with van der Waals surface area (Å²) in [4.78, 5) is 0. The van der Waals surface area contributed by atoms with Gasteiger partial charge in [0.1, 0.15) is 0 Å². The van der Waals surface area contributed by atoms with Gasteiger partial charge < -0.3 is 0 Å². The first kappa shape index (κ1) is 35.8. The van der Waals surface area contributed by atoms with E-state index in [0.717, 1.165) is 0 Å². The molecule has 0 aliphatic carbocycles. The van der Waals surface area contributed by atoms with E-state index in [0.29, 0.717) is 0 Å². The summed E-state index contributed by atoms with van der Waals surface area (Å²) in [5.41, 5.74) is 14.6. The predicted molar refractivity (Wildman–Crippen MR) is 267 cm³/mol. The molecule has 0 atom stereocenters. The van der Waals surface area contributed by atoms with Gasteiger partial charge in [-0.25, -0.2) is 0 Å². The molecule has 0 fully saturated rings. The molecular formula is C62H40. The van der Waals surface area contributed by atoms with E-state index in [1.54, 1.807) is 0 Å². The molecule has 0 radical (unpaired) electrons. The van der Waals surface area contributed by atoms with Crippen molar-refractivity contribution in [2.24, 2.45) is 0 Å². The molecular weight excluding hydrogens is 745 g/mol. The summed E-state index contributed by atoms with van der Waals surface area (Å²) in [6, 6.07) is 89.2. The normalized spacial score (nSPS) is 11.5. The van der Waals surface area contributed by atoms with Crippen molar-refractivity contribution < 1.29 is 0 Å². The van der Waals surface area contributed by atoms with Crippen molar-refractivity contribution in [3.05, 3.63) is 243 Å². The van der Waals surface area contributed by atoms with Crippen molar-refractivity contribution in [3.63, 3.8) is 0 Å². The average molecular weight is 785 g/mol. The van der Waals surface area contributed by atoms with Gasteiger partial charge in [-0.05, 0) is 133 Å². The molecule has 0 heterocycles. The molecule has 0 saturated heterocycles. The monoisotopic (exact) mass is 784 g/mol. The van der Waals surface area contributed by atoms with Crippen LogP contribution in [-0.2, 0) is 0 Å². The Morgan fingerprint density at radius 2 is 0.339 bits per heavy atom. The van der Waals surface area contributed by atoms with Crippen LogP contribution in [0.2, 0.25) is 0 Å². The predicted octanol–water partition coefficient (Wildman–Crippen LogP) is 17.5. The van der Waals surface area contributed by atoms with Gasteiger partial charge in [-0.3, -0.25) is 0 Å². The van der Waals surface area contributed by atoms with Crippen LogP contribution in [0.25, 0.3) is 121 Å². The van der Waals surface area contributed by atoms with Crippen LogP contribution in [0.4, 0.5) is 0 Å². The van der Waals surface area contributed by atoms with Crippen LogP contribution in [0.5, 0.6) is 0 Å². The highest BCUT2D eigenvalue weighted by molar-refractivity contribution is 6.39. The first-order valence-corrected chi connectivity index (χ1v) is 21.5. The van der Waals surface area contributed by atoms with Crippen LogP contribution < -0.4 is 0 Å². The Balaban J connectivity index is 0.968. The van der Waals surface area contributed by atoms with Crippen molar-refractivity contribution in [2.75, 3.05) is 0 Å². The molecule has 0 amide bonds. The summed E-state index contributed by atoms with van der Waals surface area (Å²) in [5, 5.41) is 12.9. The van der Waals surface area contributed by atoms with Crippen LogP contribution in [0, 0.1) is 0 Å². The zero-order chi connectivity index (χ0) is 41.0. The fraction of sp³-hybridized carbons (Fsp3) is 0. The van der Waals surface area contributed by atoms with Gasteiger partial charge in [0.15, 0.2) is 0 Å². The van der Waals surface area contributed by atoms with E-state index in [2.05, 4.69) is 243 Å². The molecule has 0 unspecified atom stereocenters. The lowest BCUT2D eigenvalue weighted by molar-refractivity contribution is 1.58. The smallest absolute Gasteiger partial charge is 0.00137 e. The minimum Gasteiger partial charge on any atom is -0.0622 e. The lowest BCUT2D eigenvalue weighted by atomic mass is 9.85. The fourth-order valence-corrected chi connectivity index (χ4v) is 9.71. The van der Waals surface area contributed by atoms with Gasteiger partial charge in [-0.15, -0.1) is 0 Å². The number of fused-ring (bicyclic) bond motifs is 11. The fourth-order valence-electron chi connectivity index (χ4n) is 9.71. The molecule has 0 bridgehead atoms. The molecule has 0 aliphatic rings. The van der Waals surface area contributed by atoms with Crippen LogP contribution in [-0.4, -0.2) is 0 Å². The summed E-state index contributed by atoms with van der Waals surface area (Å²) in [5.74, 6) is 0. The van der Waals surface area contributed by atoms with E-state index in [1.165, 1.54) is 121 Å². The highest BCUT2D eigenvalue weighted by Gasteiger charge is 2.17. The molecule has 0 spiro atoms. The minimum atomic E-state index is 1.21. The SMILES string of the molecule is c1ccc(-c2ccc(-c3ccc(-c4ccc5c6ccccc6c6c7cc(-c8ccc(-c9ccc(-c%10ccccc%10)cc9)cc8)ccc7c7ccccc7c6c5c4)cc3)cc2)cc1. The molecule has 0 saturated carbocycles. The molecule has 0 aromatic heterocycles. The third-order valence-corrected chi connectivity index (χ3v) is 12.9. The van der Waals surface area contributed by atoms with Gasteiger partial charge in [-0.1, -0.05) is 231 Å². The summed E-state index contributed by atoms with van der Waals surface area (Å²) in [6.07, 6.45) is 0. The number of hydrogen-bond acceptors (Lipinski definition) is 0. The molecule has 12 rings (SSSR count). The third-order valence-electron chi connectivity index (χ3n) is 12.9. The van der Waals surface area contributed by atoms with Crippen molar-refractivity contribution in [1.82, 2.24) is 0 Å². The maximum atomic E-state index is 2.43. The van der Waals surface area contributed by atoms with E-state index >= 15 is 0 Å². The average Bonchev–Trinajstić information content (AvgIpc) is 3.36. The van der Waals surface area contributed by atoms with Crippen LogP contribution in [0.1, 0.15) is 0 Å². The van der Waals surface area contributed by atoms with Crippen LogP contribution in [0.15, 0.2) is 243 Å². The van der Waals surface area contributed by atoms with Gasteiger partial charge in [0.2, 0.25) is 0 Å². The second kappa shape index (κ2) is 14.9. The Kier molecular flexibility index (Phi) is 8.61. The molecule has 0 heteroatoms. The first-order chi connectivity index (χ1) is 30.7. The Morgan fingerprint density at radius 1 is 0.129 bits per heavy atom. The van der Waals surface area contributed by atoms with Crippen molar-refractivity contribution in [3.8, 4) is 66.8 Å². The maximum absolute atomic E-state index is 2.43. The van der Waals surface area contributed by atoms with Crippen molar-refractivity contribution >= 4 is 53.9 Å². The molecule has 12 aromatic carbocycles. The van der Waals surface area contributed by atoms with E-state index < -0.39 is 0 Å². The molecule has 0 N–H and O–H groups in total.